The van der Waals surface area contributed by atoms with Gasteiger partial charge in [-0.3, -0.25) is 4.68 Å². The molecule has 3 rings (SSSR count). The van der Waals surface area contributed by atoms with Gasteiger partial charge in [-0.1, -0.05) is 6.07 Å². The molecule has 1 aliphatic heterocycles. The van der Waals surface area contributed by atoms with Gasteiger partial charge < -0.3 is 5.32 Å². The molecule has 3 nitrogen and oxygen atoms in total. The molecular formula is C12H13N3. The number of aromatic nitrogens is 2. The molecule has 1 aromatic carbocycles. The number of hydrogen-bond donors (Lipinski definition) is 1. The third-order valence-electron chi connectivity index (χ3n) is 2.93. The van der Waals surface area contributed by atoms with E-state index in [4.69, 9.17) is 0 Å². The molecule has 0 saturated heterocycles. The summed E-state index contributed by atoms with van der Waals surface area (Å²) in [5, 5.41) is 7.55. The van der Waals surface area contributed by atoms with E-state index in [1.165, 1.54) is 22.5 Å². The van der Waals surface area contributed by atoms with Gasteiger partial charge in [-0.25, -0.2) is 0 Å². The van der Waals surface area contributed by atoms with Crippen molar-refractivity contribution in [2.75, 3.05) is 11.9 Å². The molecule has 2 heterocycles. The van der Waals surface area contributed by atoms with Crippen molar-refractivity contribution in [1.82, 2.24) is 9.78 Å². The van der Waals surface area contributed by atoms with Crippen molar-refractivity contribution in [2.24, 2.45) is 7.05 Å². The molecule has 1 aliphatic rings. The van der Waals surface area contributed by atoms with Gasteiger partial charge >= 0.3 is 0 Å². The van der Waals surface area contributed by atoms with Crippen LogP contribution >= 0.6 is 0 Å². The fourth-order valence-corrected chi connectivity index (χ4v) is 2.12. The normalized spacial score (nSPS) is 13.7. The van der Waals surface area contributed by atoms with Crippen molar-refractivity contribution < 1.29 is 0 Å². The molecular weight excluding hydrogens is 186 g/mol. The SMILES string of the molecule is Cn1nccc1-c1ccc2c(c1)CCN2. The van der Waals surface area contributed by atoms with Crippen LogP contribution < -0.4 is 5.32 Å². The summed E-state index contributed by atoms with van der Waals surface area (Å²) >= 11 is 0. The lowest BCUT2D eigenvalue weighted by Crippen LogP contribution is -1.93. The standard InChI is InChI=1S/C12H13N3/c1-15-12(5-7-14-15)10-2-3-11-9(8-10)4-6-13-11/h2-3,5,7-8,13H,4,6H2,1H3. The van der Waals surface area contributed by atoms with Gasteiger partial charge in [0.25, 0.3) is 0 Å². The van der Waals surface area contributed by atoms with Gasteiger partial charge in [0.05, 0.1) is 5.69 Å². The van der Waals surface area contributed by atoms with Crippen LogP contribution in [0.1, 0.15) is 5.56 Å². The van der Waals surface area contributed by atoms with E-state index >= 15 is 0 Å². The third-order valence-corrected chi connectivity index (χ3v) is 2.93. The van der Waals surface area contributed by atoms with Crippen LogP contribution in [0.25, 0.3) is 11.3 Å². The van der Waals surface area contributed by atoms with Crippen molar-refractivity contribution >= 4 is 5.69 Å². The number of rotatable bonds is 1. The molecule has 15 heavy (non-hydrogen) atoms. The Balaban J connectivity index is 2.11. The van der Waals surface area contributed by atoms with E-state index in [1.807, 2.05) is 24.0 Å². The van der Waals surface area contributed by atoms with Gasteiger partial charge in [-0.2, -0.15) is 5.10 Å². The molecule has 0 radical (unpaired) electrons. The highest BCUT2D eigenvalue weighted by Crippen LogP contribution is 2.27. The average Bonchev–Trinajstić information content (AvgIpc) is 2.84. The Labute approximate surface area is 88.7 Å². The van der Waals surface area contributed by atoms with Crippen molar-refractivity contribution in [1.29, 1.82) is 0 Å². The fourth-order valence-electron chi connectivity index (χ4n) is 2.12. The molecule has 1 N–H and O–H groups in total. The predicted molar refractivity (Wildman–Crippen MR) is 60.8 cm³/mol. The molecule has 76 valence electrons. The van der Waals surface area contributed by atoms with Crippen LogP contribution in [0.5, 0.6) is 0 Å². The summed E-state index contributed by atoms with van der Waals surface area (Å²) in [5.74, 6) is 0. The van der Waals surface area contributed by atoms with Crippen LogP contribution in [0.2, 0.25) is 0 Å². The van der Waals surface area contributed by atoms with Gasteiger partial charge in [0.1, 0.15) is 0 Å². The van der Waals surface area contributed by atoms with E-state index in [2.05, 4.69) is 28.6 Å². The zero-order chi connectivity index (χ0) is 10.3. The van der Waals surface area contributed by atoms with Gasteiger partial charge in [-0.05, 0) is 30.2 Å². The summed E-state index contributed by atoms with van der Waals surface area (Å²) in [4.78, 5) is 0. The summed E-state index contributed by atoms with van der Waals surface area (Å²) in [6, 6.07) is 8.61. The number of nitrogens with one attached hydrogen (secondary N) is 1. The highest BCUT2D eigenvalue weighted by atomic mass is 15.3. The molecule has 0 saturated carbocycles. The smallest absolute Gasteiger partial charge is 0.0679 e. The Morgan fingerprint density at radius 2 is 2.27 bits per heavy atom. The van der Waals surface area contributed by atoms with Gasteiger partial charge in [0, 0.05) is 31.0 Å². The largest absolute Gasteiger partial charge is 0.384 e. The zero-order valence-corrected chi connectivity index (χ0v) is 8.70. The van der Waals surface area contributed by atoms with Gasteiger partial charge in [0.2, 0.25) is 0 Å². The monoisotopic (exact) mass is 199 g/mol. The van der Waals surface area contributed by atoms with E-state index in [0.717, 1.165) is 13.0 Å². The molecule has 0 spiro atoms. The molecule has 0 atom stereocenters. The second kappa shape index (κ2) is 3.12. The van der Waals surface area contributed by atoms with Crippen molar-refractivity contribution in [3.8, 4) is 11.3 Å². The molecule has 2 aromatic rings. The maximum absolute atomic E-state index is 4.19. The minimum Gasteiger partial charge on any atom is -0.384 e. The maximum Gasteiger partial charge on any atom is 0.0679 e. The Morgan fingerprint density at radius 3 is 3.07 bits per heavy atom. The third kappa shape index (κ3) is 1.31. The average molecular weight is 199 g/mol. The topological polar surface area (TPSA) is 29.9 Å². The van der Waals surface area contributed by atoms with Crippen LogP contribution in [0.4, 0.5) is 5.69 Å². The predicted octanol–water partition coefficient (Wildman–Crippen LogP) is 2.06. The van der Waals surface area contributed by atoms with Crippen LogP contribution in [0.3, 0.4) is 0 Å². The van der Waals surface area contributed by atoms with Gasteiger partial charge in [-0.15, -0.1) is 0 Å². The number of anilines is 1. The number of benzene rings is 1. The van der Waals surface area contributed by atoms with Crippen LogP contribution in [0, 0.1) is 0 Å². The minimum atomic E-state index is 1.06. The maximum atomic E-state index is 4.19. The van der Waals surface area contributed by atoms with E-state index in [0.29, 0.717) is 0 Å². The first-order valence-electron chi connectivity index (χ1n) is 5.20. The number of nitrogens with zero attached hydrogens (tertiary/aromatic N) is 2. The fraction of sp³-hybridized carbons (Fsp3) is 0.250. The Morgan fingerprint density at radius 1 is 1.33 bits per heavy atom. The molecule has 0 bridgehead atoms. The lowest BCUT2D eigenvalue weighted by molar-refractivity contribution is 0.776. The van der Waals surface area contributed by atoms with Crippen molar-refractivity contribution in [3.63, 3.8) is 0 Å². The molecule has 0 aliphatic carbocycles. The van der Waals surface area contributed by atoms with E-state index in [9.17, 15) is 0 Å². The highest BCUT2D eigenvalue weighted by Gasteiger charge is 2.11. The first-order valence-corrected chi connectivity index (χ1v) is 5.20. The number of fused-ring (bicyclic) bond motifs is 1. The van der Waals surface area contributed by atoms with E-state index in [1.54, 1.807) is 0 Å². The Kier molecular flexibility index (Phi) is 1.78. The van der Waals surface area contributed by atoms with E-state index in [-0.39, 0.29) is 0 Å². The summed E-state index contributed by atoms with van der Waals surface area (Å²) in [7, 11) is 1.97. The Bertz CT molecular complexity index is 499. The lowest BCUT2D eigenvalue weighted by Gasteiger charge is -2.05. The van der Waals surface area contributed by atoms with Crippen molar-refractivity contribution in [2.45, 2.75) is 6.42 Å². The first-order chi connectivity index (χ1) is 7.34. The quantitative estimate of drug-likeness (QED) is 0.761. The van der Waals surface area contributed by atoms with Crippen LogP contribution in [-0.4, -0.2) is 16.3 Å². The molecule has 1 aromatic heterocycles. The number of aryl methyl sites for hydroxylation is 1. The summed E-state index contributed by atoms with van der Waals surface area (Å²) in [6.45, 7) is 1.06. The lowest BCUT2D eigenvalue weighted by atomic mass is 10.1. The van der Waals surface area contributed by atoms with Crippen LogP contribution in [0.15, 0.2) is 30.5 Å². The second-order valence-corrected chi connectivity index (χ2v) is 3.89. The molecule has 0 fully saturated rings. The molecule has 3 heteroatoms. The zero-order valence-electron chi connectivity index (χ0n) is 8.70. The minimum absolute atomic E-state index is 1.06. The second-order valence-electron chi connectivity index (χ2n) is 3.89. The highest BCUT2D eigenvalue weighted by molar-refractivity contribution is 5.67. The summed E-state index contributed by atoms with van der Waals surface area (Å²) in [6.07, 6.45) is 2.96. The van der Waals surface area contributed by atoms with E-state index < -0.39 is 0 Å². The summed E-state index contributed by atoms with van der Waals surface area (Å²) in [5.41, 5.74) is 5.11. The van der Waals surface area contributed by atoms with Gasteiger partial charge in [0.15, 0.2) is 0 Å². The molecule has 0 unspecified atom stereocenters. The first kappa shape index (κ1) is 8.53. The van der Waals surface area contributed by atoms with Crippen LogP contribution in [-0.2, 0) is 13.5 Å². The number of hydrogen-bond acceptors (Lipinski definition) is 2. The van der Waals surface area contributed by atoms with Crippen molar-refractivity contribution in [3.05, 3.63) is 36.0 Å². The Hall–Kier alpha value is -1.77. The summed E-state index contributed by atoms with van der Waals surface area (Å²) < 4.78 is 1.91. The molecule has 0 amide bonds.